The van der Waals surface area contributed by atoms with Crippen molar-refractivity contribution < 1.29 is 27.5 Å². The highest BCUT2D eigenvalue weighted by Crippen LogP contribution is 2.21. The highest BCUT2D eigenvalue weighted by Gasteiger charge is 2.20. The van der Waals surface area contributed by atoms with E-state index in [4.69, 9.17) is 9.15 Å². The minimum Gasteiger partial charge on any atom is -0.465 e. The van der Waals surface area contributed by atoms with Gasteiger partial charge in [-0.1, -0.05) is 0 Å². The maximum atomic E-state index is 13.0. The molecule has 1 amide bonds. The Morgan fingerprint density at radius 3 is 2.39 bits per heavy atom. The van der Waals surface area contributed by atoms with E-state index < -0.39 is 30.1 Å². The summed E-state index contributed by atoms with van der Waals surface area (Å²) >= 11 is 0. The molecule has 5 nitrogen and oxygen atoms in total. The molecule has 7 heteroatoms. The molecule has 1 aromatic carbocycles. The van der Waals surface area contributed by atoms with E-state index in [0.717, 1.165) is 12.1 Å². The summed E-state index contributed by atoms with van der Waals surface area (Å²) in [7, 11) is 0. The Morgan fingerprint density at radius 1 is 1.13 bits per heavy atom. The standard InChI is InChI=1S/C16H15F2NO4/c1-8-9(2)23-10(3)15(8)16(21)22-7-14(20)19-11-4-5-12(17)13(18)6-11/h4-6H,7H2,1-3H3,(H,19,20). The number of amides is 1. The Morgan fingerprint density at radius 2 is 1.83 bits per heavy atom. The number of halogens is 2. The molecule has 23 heavy (non-hydrogen) atoms. The minimum absolute atomic E-state index is 0.0662. The van der Waals surface area contributed by atoms with Crippen molar-refractivity contribution in [2.45, 2.75) is 20.8 Å². The number of hydrogen-bond donors (Lipinski definition) is 1. The fourth-order valence-corrected chi connectivity index (χ4v) is 2.07. The summed E-state index contributed by atoms with van der Waals surface area (Å²) in [5, 5.41) is 2.30. The van der Waals surface area contributed by atoms with Crippen LogP contribution in [-0.4, -0.2) is 18.5 Å². The SMILES string of the molecule is Cc1oc(C)c(C(=O)OCC(=O)Nc2ccc(F)c(F)c2)c1C. The van der Waals surface area contributed by atoms with E-state index >= 15 is 0 Å². The number of hydrogen-bond acceptors (Lipinski definition) is 4. The number of furan rings is 1. The summed E-state index contributed by atoms with van der Waals surface area (Å²) in [4.78, 5) is 23.7. The second-order valence-corrected chi connectivity index (χ2v) is 4.97. The van der Waals surface area contributed by atoms with Gasteiger partial charge in [-0.15, -0.1) is 0 Å². The summed E-state index contributed by atoms with van der Waals surface area (Å²) in [6.45, 7) is 4.50. The van der Waals surface area contributed by atoms with Crippen LogP contribution in [0.25, 0.3) is 0 Å². The van der Waals surface area contributed by atoms with Crippen LogP contribution in [0.3, 0.4) is 0 Å². The lowest BCUT2D eigenvalue weighted by molar-refractivity contribution is -0.119. The molecule has 0 radical (unpaired) electrons. The smallest absolute Gasteiger partial charge is 0.342 e. The number of aryl methyl sites for hydroxylation is 2. The number of anilines is 1. The van der Waals surface area contributed by atoms with E-state index in [2.05, 4.69) is 5.32 Å². The fourth-order valence-electron chi connectivity index (χ4n) is 2.07. The van der Waals surface area contributed by atoms with Gasteiger partial charge in [0.2, 0.25) is 0 Å². The third kappa shape index (κ3) is 3.74. The van der Waals surface area contributed by atoms with Gasteiger partial charge in [0.25, 0.3) is 5.91 Å². The van der Waals surface area contributed by atoms with E-state index in [9.17, 15) is 18.4 Å². The third-order valence-electron chi connectivity index (χ3n) is 3.30. The first-order chi connectivity index (χ1) is 10.8. The van der Waals surface area contributed by atoms with Gasteiger partial charge in [-0.05, 0) is 32.9 Å². The molecular weight excluding hydrogens is 308 g/mol. The van der Waals surface area contributed by atoms with Gasteiger partial charge in [0.15, 0.2) is 18.2 Å². The van der Waals surface area contributed by atoms with Gasteiger partial charge in [-0.2, -0.15) is 0 Å². The van der Waals surface area contributed by atoms with Crippen molar-refractivity contribution in [3.8, 4) is 0 Å². The third-order valence-corrected chi connectivity index (χ3v) is 3.30. The van der Waals surface area contributed by atoms with Crippen LogP contribution in [-0.2, 0) is 9.53 Å². The molecule has 0 aliphatic rings. The van der Waals surface area contributed by atoms with Crippen LogP contribution >= 0.6 is 0 Å². The topological polar surface area (TPSA) is 68.5 Å². The van der Waals surface area contributed by atoms with Crippen molar-refractivity contribution in [1.29, 1.82) is 0 Å². The van der Waals surface area contributed by atoms with Crippen molar-refractivity contribution in [3.63, 3.8) is 0 Å². The second-order valence-electron chi connectivity index (χ2n) is 4.97. The van der Waals surface area contributed by atoms with Gasteiger partial charge in [0.05, 0.1) is 0 Å². The highest BCUT2D eigenvalue weighted by molar-refractivity contribution is 5.96. The average molecular weight is 323 g/mol. The molecule has 1 heterocycles. The molecule has 2 aromatic rings. The van der Waals surface area contributed by atoms with Gasteiger partial charge in [0.1, 0.15) is 17.1 Å². The zero-order valence-corrected chi connectivity index (χ0v) is 12.8. The predicted molar refractivity (Wildman–Crippen MR) is 78.2 cm³/mol. The van der Waals surface area contributed by atoms with Gasteiger partial charge < -0.3 is 14.5 Å². The minimum atomic E-state index is -1.08. The van der Waals surface area contributed by atoms with Gasteiger partial charge in [0, 0.05) is 17.3 Å². The normalized spacial score (nSPS) is 10.5. The zero-order valence-electron chi connectivity index (χ0n) is 12.8. The molecule has 1 N–H and O–H groups in total. The first-order valence-corrected chi connectivity index (χ1v) is 6.78. The lowest BCUT2D eigenvalue weighted by Gasteiger charge is -2.07. The zero-order chi connectivity index (χ0) is 17.1. The van der Waals surface area contributed by atoms with Crippen molar-refractivity contribution in [3.05, 3.63) is 52.5 Å². The molecule has 0 atom stereocenters. The van der Waals surface area contributed by atoms with E-state index in [1.54, 1.807) is 20.8 Å². The number of benzene rings is 1. The Balaban J connectivity index is 1.96. The molecule has 1 aromatic heterocycles. The summed E-state index contributed by atoms with van der Waals surface area (Å²) in [5.74, 6) is -2.44. The lowest BCUT2D eigenvalue weighted by atomic mass is 10.1. The molecule has 122 valence electrons. The summed E-state index contributed by atoms with van der Waals surface area (Å²) in [6, 6.07) is 2.92. The van der Waals surface area contributed by atoms with E-state index in [1.807, 2.05) is 0 Å². The van der Waals surface area contributed by atoms with Gasteiger partial charge in [-0.3, -0.25) is 4.79 Å². The van der Waals surface area contributed by atoms with Crippen molar-refractivity contribution in [2.75, 3.05) is 11.9 Å². The quantitative estimate of drug-likeness (QED) is 0.877. The van der Waals surface area contributed by atoms with E-state index in [0.29, 0.717) is 17.1 Å². The molecule has 0 fully saturated rings. The van der Waals surface area contributed by atoms with Gasteiger partial charge in [-0.25, -0.2) is 13.6 Å². The van der Waals surface area contributed by atoms with Crippen LogP contribution in [0.1, 0.15) is 27.4 Å². The number of ether oxygens (including phenoxy) is 1. The molecule has 0 aliphatic carbocycles. The monoisotopic (exact) mass is 323 g/mol. The number of rotatable bonds is 4. The highest BCUT2D eigenvalue weighted by atomic mass is 19.2. The van der Waals surface area contributed by atoms with Crippen molar-refractivity contribution >= 4 is 17.6 Å². The number of nitrogens with one attached hydrogen (secondary N) is 1. The summed E-state index contributed by atoms with van der Waals surface area (Å²) < 4.78 is 36.1. The Bertz CT molecular complexity index is 768. The number of esters is 1. The van der Waals surface area contributed by atoms with Crippen LogP contribution in [0.4, 0.5) is 14.5 Å². The lowest BCUT2D eigenvalue weighted by Crippen LogP contribution is -2.21. The maximum Gasteiger partial charge on any atom is 0.342 e. The van der Waals surface area contributed by atoms with Crippen molar-refractivity contribution in [1.82, 2.24) is 0 Å². The Kier molecular flexibility index (Phi) is 4.78. The molecule has 0 bridgehead atoms. The number of carbonyl (C=O) groups excluding carboxylic acids is 2. The van der Waals surface area contributed by atoms with E-state index in [1.165, 1.54) is 6.07 Å². The summed E-state index contributed by atoms with van der Waals surface area (Å²) in [6.07, 6.45) is 0. The van der Waals surface area contributed by atoms with Crippen molar-refractivity contribution in [2.24, 2.45) is 0 Å². The van der Waals surface area contributed by atoms with Crippen LogP contribution in [0, 0.1) is 32.4 Å². The fraction of sp³-hybridized carbons (Fsp3) is 0.250. The number of carbonyl (C=O) groups is 2. The Labute approximate surface area is 131 Å². The molecule has 0 aliphatic heterocycles. The van der Waals surface area contributed by atoms with Crippen LogP contribution < -0.4 is 5.32 Å². The molecule has 0 spiro atoms. The van der Waals surface area contributed by atoms with E-state index in [-0.39, 0.29) is 11.3 Å². The molecule has 2 rings (SSSR count). The Hall–Kier alpha value is -2.70. The average Bonchev–Trinajstić information content (AvgIpc) is 2.73. The first-order valence-electron chi connectivity index (χ1n) is 6.78. The largest absolute Gasteiger partial charge is 0.465 e. The van der Waals surface area contributed by atoms with Crippen LogP contribution in [0.15, 0.2) is 22.6 Å². The predicted octanol–water partition coefficient (Wildman–Crippen LogP) is 3.28. The molecule has 0 unspecified atom stereocenters. The van der Waals surface area contributed by atoms with Crippen LogP contribution in [0.2, 0.25) is 0 Å². The first kappa shape index (κ1) is 16.7. The molecule has 0 saturated carbocycles. The molecule has 0 saturated heterocycles. The molecular formula is C16H15F2NO4. The van der Waals surface area contributed by atoms with Crippen LogP contribution in [0.5, 0.6) is 0 Å². The maximum absolute atomic E-state index is 13.0. The summed E-state index contributed by atoms with van der Waals surface area (Å²) in [5.41, 5.74) is 0.994. The van der Waals surface area contributed by atoms with Gasteiger partial charge >= 0.3 is 5.97 Å². The second kappa shape index (κ2) is 6.60.